The average Bonchev–Trinajstić information content (AvgIpc) is 2.55. The zero-order valence-corrected chi connectivity index (χ0v) is 13.7. The number of benzene rings is 2. The van der Waals surface area contributed by atoms with Crippen LogP contribution in [0.3, 0.4) is 0 Å². The van der Waals surface area contributed by atoms with E-state index in [2.05, 4.69) is 11.4 Å². The second-order valence-electron chi connectivity index (χ2n) is 5.33. The van der Waals surface area contributed by atoms with Crippen molar-refractivity contribution in [1.82, 2.24) is 0 Å². The molecule has 0 radical (unpaired) electrons. The molecular formula is C18H19ClN3O+. The van der Waals surface area contributed by atoms with E-state index < -0.39 is 0 Å². The van der Waals surface area contributed by atoms with Crippen LogP contribution in [-0.4, -0.2) is 12.5 Å². The highest BCUT2D eigenvalue weighted by Gasteiger charge is 2.14. The molecule has 0 aromatic heterocycles. The van der Waals surface area contributed by atoms with Crippen LogP contribution < -0.4 is 10.6 Å². The topological polar surface area (TPSA) is 69.5 Å². The molecule has 2 aromatic carbocycles. The first-order chi connectivity index (χ1) is 11.1. The van der Waals surface area contributed by atoms with Crippen molar-refractivity contribution in [1.29, 1.82) is 5.26 Å². The van der Waals surface area contributed by atoms with Crippen molar-refractivity contribution >= 4 is 23.2 Å². The number of nitrogens with two attached hydrogens (primary N) is 1. The number of quaternary nitrogens is 1. The molecule has 0 spiro atoms. The molecule has 0 aliphatic rings. The lowest BCUT2D eigenvalue weighted by molar-refractivity contribution is -0.682. The van der Waals surface area contributed by atoms with Crippen molar-refractivity contribution in [3.8, 4) is 6.07 Å². The van der Waals surface area contributed by atoms with E-state index in [9.17, 15) is 4.79 Å². The lowest BCUT2D eigenvalue weighted by atomic mass is 10.1. The van der Waals surface area contributed by atoms with Gasteiger partial charge in [0.05, 0.1) is 12.5 Å². The molecule has 3 N–H and O–H groups in total. The summed E-state index contributed by atoms with van der Waals surface area (Å²) in [5.74, 6) is -0.0723. The molecule has 0 aliphatic carbocycles. The highest BCUT2D eigenvalue weighted by atomic mass is 35.5. The summed E-state index contributed by atoms with van der Waals surface area (Å²) in [6.45, 7) is 2.33. The number of hydrogen-bond donors (Lipinski definition) is 2. The van der Waals surface area contributed by atoms with Gasteiger partial charge in [-0.3, -0.25) is 4.79 Å². The van der Waals surface area contributed by atoms with Gasteiger partial charge in [-0.05, 0) is 30.7 Å². The third-order valence-electron chi connectivity index (χ3n) is 3.57. The number of nitrogens with zero attached hydrogens (tertiary/aromatic N) is 1. The second-order valence-corrected chi connectivity index (χ2v) is 5.74. The Labute approximate surface area is 141 Å². The smallest absolute Gasteiger partial charge is 0.279 e. The van der Waals surface area contributed by atoms with Gasteiger partial charge in [0.1, 0.15) is 6.04 Å². The SMILES string of the molecule is C[C@H]([NH2+]CC(=O)Nc1ccc(CC#N)cc1)c1ccccc1Cl. The van der Waals surface area contributed by atoms with Crippen LogP contribution in [0.1, 0.15) is 24.1 Å². The van der Waals surface area contributed by atoms with Crippen molar-refractivity contribution in [3.63, 3.8) is 0 Å². The molecule has 0 fully saturated rings. The Hall–Kier alpha value is -2.35. The van der Waals surface area contributed by atoms with Gasteiger partial charge in [0.25, 0.3) is 5.91 Å². The van der Waals surface area contributed by atoms with Crippen molar-refractivity contribution in [2.45, 2.75) is 19.4 Å². The highest BCUT2D eigenvalue weighted by molar-refractivity contribution is 6.31. The molecule has 0 bridgehead atoms. The van der Waals surface area contributed by atoms with Crippen LogP contribution >= 0.6 is 11.6 Å². The normalized spacial score (nSPS) is 11.5. The summed E-state index contributed by atoms with van der Waals surface area (Å²) in [6.07, 6.45) is 0.372. The van der Waals surface area contributed by atoms with Crippen LogP contribution in [0.2, 0.25) is 5.02 Å². The predicted octanol–water partition coefficient (Wildman–Crippen LogP) is 2.67. The minimum atomic E-state index is -0.0723. The van der Waals surface area contributed by atoms with Crippen LogP contribution in [-0.2, 0) is 11.2 Å². The van der Waals surface area contributed by atoms with Crippen molar-refractivity contribution < 1.29 is 10.1 Å². The summed E-state index contributed by atoms with van der Waals surface area (Å²) in [7, 11) is 0. The number of rotatable bonds is 6. The molecule has 1 atom stereocenters. The minimum absolute atomic E-state index is 0.0723. The molecule has 0 heterocycles. The first-order valence-corrected chi connectivity index (χ1v) is 7.81. The number of hydrogen-bond acceptors (Lipinski definition) is 2. The van der Waals surface area contributed by atoms with Crippen LogP contribution in [0.5, 0.6) is 0 Å². The number of nitrogens with one attached hydrogen (secondary N) is 1. The minimum Gasteiger partial charge on any atom is -0.332 e. The number of carbonyl (C=O) groups excluding carboxylic acids is 1. The molecular weight excluding hydrogens is 310 g/mol. The molecule has 2 rings (SSSR count). The van der Waals surface area contributed by atoms with E-state index in [0.29, 0.717) is 18.0 Å². The lowest BCUT2D eigenvalue weighted by Crippen LogP contribution is -2.86. The summed E-state index contributed by atoms with van der Waals surface area (Å²) in [5.41, 5.74) is 2.68. The van der Waals surface area contributed by atoms with Gasteiger partial charge in [-0.1, -0.05) is 41.9 Å². The Morgan fingerprint density at radius 3 is 2.61 bits per heavy atom. The van der Waals surface area contributed by atoms with Crippen LogP contribution in [0.15, 0.2) is 48.5 Å². The number of anilines is 1. The number of halogens is 1. The Bertz CT molecular complexity index is 707. The van der Waals surface area contributed by atoms with Gasteiger partial charge >= 0.3 is 0 Å². The van der Waals surface area contributed by atoms with Gasteiger partial charge in [-0.15, -0.1) is 0 Å². The Morgan fingerprint density at radius 1 is 1.26 bits per heavy atom. The Kier molecular flexibility index (Phi) is 6.16. The predicted molar refractivity (Wildman–Crippen MR) is 91.0 cm³/mol. The second kappa shape index (κ2) is 8.33. The molecule has 1 amide bonds. The molecule has 23 heavy (non-hydrogen) atoms. The standard InChI is InChI=1S/C18H18ClN3O/c1-13(16-4-2-3-5-17(16)19)21-12-18(23)22-15-8-6-14(7-9-15)10-11-20/h2-9,13,21H,10,12H2,1H3,(H,22,23)/p+1/t13-/m0/s1. The first kappa shape index (κ1) is 17.0. The van der Waals surface area contributed by atoms with Gasteiger partial charge in [-0.2, -0.15) is 5.26 Å². The number of nitriles is 1. The third kappa shape index (κ3) is 5.10. The van der Waals surface area contributed by atoms with Crippen molar-refractivity contribution in [3.05, 3.63) is 64.7 Å². The molecule has 0 saturated heterocycles. The van der Waals surface area contributed by atoms with Gasteiger partial charge < -0.3 is 10.6 Å². The van der Waals surface area contributed by atoms with Crippen molar-refractivity contribution in [2.75, 3.05) is 11.9 Å². The largest absolute Gasteiger partial charge is 0.332 e. The fourth-order valence-electron chi connectivity index (χ4n) is 2.26. The first-order valence-electron chi connectivity index (χ1n) is 7.43. The van der Waals surface area contributed by atoms with Crippen LogP contribution in [0, 0.1) is 11.3 Å². The monoisotopic (exact) mass is 328 g/mol. The van der Waals surface area contributed by atoms with E-state index in [1.54, 1.807) is 0 Å². The fourth-order valence-corrected chi connectivity index (χ4v) is 2.57. The van der Waals surface area contributed by atoms with Crippen molar-refractivity contribution in [2.24, 2.45) is 0 Å². The molecule has 118 valence electrons. The number of carbonyl (C=O) groups is 1. The maximum Gasteiger partial charge on any atom is 0.279 e. The molecule has 0 saturated carbocycles. The van der Waals surface area contributed by atoms with E-state index >= 15 is 0 Å². The molecule has 0 aliphatic heterocycles. The molecule has 2 aromatic rings. The maximum absolute atomic E-state index is 12.0. The maximum atomic E-state index is 12.0. The summed E-state index contributed by atoms with van der Waals surface area (Å²) in [5, 5.41) is 14.1. The van der Waals surface area contributed by atoms with E-state index in [4.69, 9.17) is 16.9 Å². The zero-order chi connectivity index (χ0) is 16.7. The lowest BCUT2D eigenvalue weighted by Gasteiger charge is -2.12. The highest BCUT2D eigenvalue weighted by Crippen LogP contribution is 2.19. The fraction of sp³-hybridized carbons (Fsp3) is 0.222. The van der Waals surface area contributed by atoms with E-state index in [-0.39, 0.29) is 11.9 Å². The zero-order valence-electron chi connectivity index (χ0n) is 12.9. The van der Waals surface area contributed by atoms with Gasteiger partial charge in [0.15, 0.2) is 6.54 Å². The van der Waals surface area contributed by atoms with E-state index in [1.165, 1.54) is 0 Å². The molecule has 4 nitrogen and oxygen atoms in total. The third-order valence-corrected chi connectivity index (χ3v) is 3.92. The quantitative estimate of drug-likeness (QED) is 0.856. The van der Waals surface area contributed by atoms with Gasteiger partial charge in [0.2, 0.25) is 0 Å². The summed E-state index contributed by atoms with van der Waals surface area (Å²) in [6, 6.07) is 17.1. The Morgan fingerprint density at radius 2 is 1.96 bits per heavy atom. The van der Waals surface area contributed by atoms with Crippen LogP contribution in [0.4, 0.5) is 5.69 Å². The van der Waals surface area contributed by atoms with Gasteiger partial charge in [0, 0.05) is 16.3 Å². The Balaban J connectivity index is 1.85. The summed E-state index contributed by atoms with van der Waals surface area (Å²) in [4.78, 5) is 12.0. The van der Waals surface area contributed by atoms with E-state index in [0.717, 1.165) is 16.8 Å². The summed E-state index contributed by atoms with van der Waals surface area (Å²) >= 11 is 6.16. The van der Waals surface area contributed by atoms with E-state index in [1.807, 2.05) is 60.8 Å². The van der Waals surface area contributed by atoms with Gasteiger partial charge in [-0.25, -0.2) is 0 Å². The molecule has 5 heteroatoms. The summed E-state index contributed by atoms with van der Waals surface area (Å²) < 4.78 is 0. The number of amides is 1. The molecule has 0 unspecified atom stereocenters. The average molecular weight is 329 g/mol. The van der Waals surface area contributed by atoms with Crippen LogP contribution in [0.25, 0.3) is 0 Å².